The van der Waals surface area contributed by atoms with E-state index in [-0.39, 0.29) is 12.0 Å². The van der Waals surface area contributed by atoms with E-state index in [1.54, 1.807) is 11.8 Å². The minimum absolute atomic E-state index is 0.00331. The molecule has 0 aliphatic carbocycles. The van der Waals surface area contributed by atoms with Gasteiger partial charge < -0.3 is 9.47 Å². The van der Waals surface area contributed by atoms with E-state index < -0.39 is 17.1 Å². The molecule has 0 saturated carbocycles. The SMILES string of the molecule is CCOC(=O)C(C)(C)c1ccc(N(CC(C)N(Cc2ccccc2)Cc2ccccc2)C(=O)OC(C)(C)C)cc1. The molecule has 0 N–H and O–H groups in total. The summed E-state index contributed by atoms with van der Waals surface area (Å²) in [7, 11) is 0. The minimum Gasteiger partial charge on any atom is -0.465 e. The predicted molar refractivity (Wildman–Crippen MR) is 161 cm³/mol. The van der Waals surface area contributed by atoms with Gasteiger partial charge in [-0.3, -0.25) is 14.6 Å². The molecule has 0 saturated heterocycles. The molecule has 40 heavy (non-hydrogen) atoms. The highest BCUT2D eigenvalue weighted by Crippen LogP contribution is 2.28. The maximum Gasteiger partial charge on any atom is 0.414 e. The van der Waals surface area contributed by atoms with E-state index in [4.69, 9.17) is 9.47 Å². The van der Waals surface area contributed by atoms with Gasteiger partial charge in [0.15, 0.2) is 0 Å². The first-order chi connectivity index (χ1) is 18.9. The lowest BCUT2D eigenvalue weighted by Crippen LogP contribution is -2.46. The van der Waals surface area contributed by atoms with Crippen LogP contribution in [0.3, 0.4) is 0 Å². The molecule has 0 aliphatic heterocycles. The van der Waals surface area contributed by atoms with Crippen molar-refractivity contribution in [1.82, 2.24) is 4.90 Å². The first kappa shape index (κ1) is 30.9. The largest absolute Gasteiger partial charge is 0.465 e. The van der Waals surface area contributed by atoms with E-state index >= 15 is 0 Å². The van der Waals surface area contributed by atoms with E-state index in [0.29, 0.717) is 18.8 Å². The summed E-state index contributed by atoms with van der Waals surface area (Å²) >= 11 is 0. The van der Waals surface area contributed by atoms with Gasteiger partial charge in [-0.2, -0.15) is 0 Å². The van der Waals surface area contributed by atoms with Gasteiger partial charge in [-0.05, 0) is 77.3 Å². The second-order valence-corrected chi connectivity index (χ2v) is 11.7. The zero-order chi connectivity index (χ0) is 29.3. The van der Waals surface area contributed by atoms with Crippen LogP contribution in [0.4, 0.5) is 10.5 Å². The number of rotatable bonds is 11. The molecule has 0 spiro atoms. The molecule has 0 radical (unpaired) electrons. The fourth-order valence-corrected chi connectivity index (χ4v) is 4.47. The number of esters is 1. The third-order valence-corrected chi connectivity index (χ3v) is 6.83. The smallest absolute Gasteiger partial charge is 0.414 e. The van der Waals surface area contributed by atoms with Crippen LogP contribution in [0.25, 0.3) is 0 Å². The highest BCUT2D eigenvalue weighted by atomic mass is 16.6. The van der Waals surface area contributed by atoms with E-state index in [2.05, 4.69) is 36.1 Å². The van der Waals surface area contributed by atoms with Crippen LogP contribution in [-0.4, -0.2) is 41.8 Å². The summed E-state index contributed by atoms with van der Waals surface area (Å²) in [6.07, 6.45) is -0.406. The average molecular weight is 545 g/mol. The second-order valence-electron chi connectivity index (χ2n) is 11.7. The van der Waals surface area contributed by atoms with Gasteiger partial charge in [0.05, 0.1) is 12.0 Å². The van der Waals surface area contributed by atoms with Gasteiger partial charge in [-0.1, -0.05) is 72.8 Å². The minimum atomic E-state index is -0.805. The van der Waals surface area contributed by atoms with Crippen molar-refractivity contribution >= 4 is 17.7 Å². The zero-order valence-corrected chi connectivity index (χ0v) is 25.0. The van der Waals surface area contributed by atoms with E-state index in [1.807, 2.05) is 95.3 Å². The average Bonchev–Trinajstić information content (AvgIpc) is 2.91. The first-order valence-electron chi connectivity index (χ1n) is 14.0. The van der Waals surface area contributed by atoms with E-state index in [1.165, 1.54) is 11.1 Å². The fraction of sp³-hybridized carbons (Fsp3) is 0.412. The molecule has 1 unspecified atom stereocenters. The maximum absolute atomic E-state index is 13.5. The highest BCUT2D eigenvalue weighted by Gasteiger charge is 2.32. The maximum atomic E-state index is 13.5. The molecule has 3 aromatic carbocycles. The summed E-state index contributed by atoms with van der Waals surface area (Å²) in [4.78, 5) is 30.1. The summed E-state index contributed by atoms with van der Waals surface area (Å²) in [5.74, 6) is -0.280. The number of carbonyl (C=O) groups excluding carboxylic acids is 2. The molecule has 0 aromatic heterocycles. The first-order valence-corrected chi connectivity index (χ1v) is 14.0. The number of anilines is 1. The summed E-state index contributed by atoms with van der Waals surface area (Å²) in [5, 5.41) is 0. The van der Waals surface area contributed by atoms with Crippen LogP contribution < -0.4 is 4.90 Å². The van der Waals surface area contributed by atoms with Crippen LogP contribution in [0, 0.1) is 0 Å². The lowest BCUT2D eigenvalue weighted by Gasteiger charge is -2.35. The molecular weight excluding hydrogens is 500 g/mol. The molecule has 1 amide bonds. The molecule has 3 rings (SSSR count). The number of amides is 1. The Morgan fingerprint density at radius 2 is 1.27 bits per heavy atom. The molecule has 0 heterocycles. The fourth-order valence-electron chi connectivity index (χ4n) is 4.47. The molecule has 1 atom stereocenters. The Kier molecular flexibility index (Phi) is 10.5. The summed E-state index contributed by atoms with van der Waals surface area (Å²) in [6, 6.07) is 28.3. The monoisotopic (exact) mass is 544 g/mol. The van der Waals surface area contributed by atoms with Crippen LogP contribution in [0.2, 0.25) is 0 Å². The number of ether oxygens (including phenoxy) is 2. The van der Waals surface area contributed by atoms with Crippen LogP contribution in [0.5, 0.6) is 0 Å². The molecule has 6 nitrogen and oxygen atoms in total. The van der Waals surface area contributed by atoms with Crippen molar-refractivity contribution in [3.8, 4) is 0 Å². The topological polar surface area (TPSA) is 59.1 Å². The lowest BCUT2D eigenvalue weighted by molar-refractivity contribution is -0.148. The summed E-state index contributed by atoms with van der Waals surface area (Å²) in [6.45, 7) is 15.5. The summed E-state index contributed by atoms with van der Waals surface area (Å²) in [5.41, 5.74) is 2.50. The number of hydrogen-bond acceptors (Lipinski definition) is 5. The quantitative estimate of drug-likeness (QED) is 0.236. The van der Waals surface area contributed by atoms with Gasteiger partial charge in [0.2, 0.25) is 0 Å². The van der Waals surface area contributed by atoms with Crippen molar-refractivity contribution in [2.75, 3.05) is 18.1 Å². The highest BCUT2D eigenvalue weighted by molar-refractivity contribution is 5.88. The van der Waals surface area contributed by atoms with Crippen molar-refractivity contribution in [3.63, 3.8) is 0 Å². The normalized spacial score (nSPS) is 12.6. The predicted octanol–water partition coefficient (Wildman–Crippen LogP) is 7.36. The number of benzene rings is 3. The van der Waals surface area contributed by atoms with Gasteiger partial charge in [-0.25, -0.2) is 4.79 Å². The number of nitrogens with zero attached hydrogens (tertiary/aromatic N) is 2. The van der Waals surface area contributed by atoms with Crippen LogP contribution >= 0.6 is 0 Å². The van der Waals surface area contributed by atoms with Gasteiger partial charge >= 0.3 is 12.1 Å². The van der Waals surface area contributed by atoms with E-state index in [0.717, 1.165) is 18.7 Å². The Hall–Kier alpha value is -3.64. The third-order valence-electron chi connectivity index (χ3n) is 6.83. The molecule has 214 valence electrons. The van der Waals surface area contributed by atoms with E-state index in [9.17, 15) is 9.59 Å². The number of hydrogen-bond donors (Lipinski definition) is 0. The number of carbonyl (C=O) groups is 2. The van der Waals surface area contributed by atoms with Gasteiger partial charge in [-0.15, -0.1) is 0 Å². The zero-order valence-electron chi connectivity index (χ0n) is 25.0. The Morgan fingerprint density at radius 3 is 1.73 bits per heavy atom. The second kappa shape index (κ2) is 13.6. The summed E-state index contributed by atoms with van der Waals surface area (Å²) < 4.78 is 11.1. The Labute approximate surface area is 239 Å². The molecule has 0 bridgehead atoms. The van der Waals surface area contributed by atoms with Crippen molar-refractivity contribution < 1.29 is 19.1 Å². The van der Waals surface area contributed by atoms with Crippen molar-refractivity contribution in [3.05, 3.63) is 102 Å². The standard InChI is InChI=1S/C34H44N2O4/c1-8-39-31(37)34(6,7)29-19-21-30(22-20-29)36(32(38)40-33(3,4)5)23-26(2)35(24-27-15-11-9-12-16-27)25-28-17-13-10-14-18-28/h9-22,26H,8,23-25H2,1-7H3. The van der Waals surface area contributed by atoms with Gasteiger partial charge in [0.25, 0.3) is 0 Å². The molecule has 0 fully saturated rings. The molecule has 3 aromatic rings. The van der Waals surface area contributed by atoms with Crippen molar-refractivity contribution in [2.45, 2.75) is 78.6 Å². The van der Waals surface area contributed by atoms with Crippen molar-refractivity contribution in [1.29, 1.82) is 0 Å². The van der Waals surface area contributed by atoms with Crippen LogP contribution in [-0.2, 0) is 32.8 Å². The molecular formula is C34H44N2O4. The molecule has 6 heteroatoms. The third kappa shape index (κ3) is 8.68. The Balaban J connectivity index is 1.91. The lowest BCUT2D eigenvalue weighted by atomic mass is 9.84. The van der Waals surface area contributed by atoms with Gasteiger partial charge in [0.1, 0.15) is 5.60 Å². The Bertz CT molecular complexity index is 1180. The van der Waals surface area contributed by atoms with Crippen LogP contribution in [0.15, 0.2) is 84.9 Å². The van der Waals surface area contributed by atoms with Crippen LogP contribution in [0.1, 0.15) is 65.2 Å². The van der Waals surface area contributed by atoms with Crippen molar-refractivity contribution in [2.24, 2.45) is 0 Å². The molecule has 0 aliphatic rings. The van der Waals surface area contributed by atoms with Gasteiger partial charge in [0, 0.05) is 31.4 Å². The Morgan fingerprint density at radius 1 is 0.775 bits per heavy atom.